The number of carbonyl (C=O) groups is 1. The van der Waals surface area contributed by atoms with E-state index in [1.807, 2.05) is 35.2 Å². The van der Waals surface area contributed by atoms with E-state index in [9.17, 15) is 4.79 Å². The van der Waals surface area contributed by atoms with Crippen LogP contribution in [0.3, 0.4) is 0 Å². The number of thiazole rings is 1. The number of amides is 1. The van der Waals surface area contributed by atoms with Gasteiger partial charge in [0.15, 0.2) is 0 Å². The Kier molecular flexibility index (Phi) is 6.39. The highest BCUT2D eigenvalue weighted by molar-refractivity contribution is 7.20. The monoisotopic (exact) mass is 411 g/mol. The Hall–Kier alpha value is -2.48. The highest BCUT2D eigenvalue weighted by atomic mass is 32.1. The van der Waals surface area contributed by atoms with Crippen molar-refractivity contribution in [3.8, 4) is 10.9 Å². The molecule has 6 nitrogen and oxygen atoms in total. The lowest BCUT2D eigenvalue weighted by molar-refractivity contribution is -0.136. The van der Waals surface area contributed by atoms with Crippen LogP contribution < -0.4 is 4.74 Å². The van der Waals surface area contributed by atoms with E-state index in [1.54, 1.807) is 18.4 Å². The summed E-state index contributed by atoms with van der Waals surface area (Å²) < 4.78 is 12.0. The van der Waals surface area contributed by atoms with E-state index in [4.69, 9.17) is 9.47 Å². The molecule has 1 fully saturated rings. The van der Waals surface area contributed by atoms with Crippen molar-refractivity contribution < 1.29 is 14.3 Å². The van der Waals surface area contributed by atoms with Crippen LogP contribution in [0.1, 0.15) is 5.56 Å². The Balaban J connectivity index is 1.25. The summed E-state index contributed by atoms with van der Waals surface area (Å²) in [5, 5.41) is 0.667. The Morgan fingerprint density at radius 3 is 2.55 bits per heavy atom. The van der Waals surface area contributed by atoms with Gasteiger partial charge in [0.25, 0.3) is 5.19 Å². The largest absolute Gasteiger partial charge is 0.431 e. The van der Waals surface area contributed by atoms with Crippen LogP contribution in [0.4, 0.5) is 0 Å². The molecule has 2 aromatic carbocycles. The van der Waals surface area contributed by atoms with Gasteiger partial charge >= 0.3 is 0 Å². The number of aromatic nitrogens is 1. The summed E-state index contributed by atoms with van der Waals surface area (Å²) in [4.78, 5) is 20.7. The molecule has 7 heteroatoms. The van der Waals surface area contributed by atoms with Gasteiger partial charge in [-0.1, -0.05) is 35.6 Å². The molecule has 0 unspecified atom stereocenters. The van der Waals surface area contributed by atoms with E-state index < -0.39 is 0 Å². The number of nitrogens with zero attached hydrogens (tertiary/aromatic N) is 3. The molecule has 0 atom stereocenters. The molecule has 1 aromatic heterocycles. The minimum Gasteiger partial charge on any atom is -0.431 e. The van der Waals surface area contributed by atoms with E-state index in [-0.39, 0.29) is 12.5 Å². The fourth-order valence-electron chi connectivity index (χ4n) is 3.44. The summed E-state index contributed by atoms with van der Waals surface area (Å²) in [6, 6.07) is 16.3. The van der Waals surface area contributed by atoms with Crippen molar-refractivity contribution in [2.75, 3.05) is 46.4 Å². The molecule has 1 saturated heterocycles. The molecule has 4 rings (SSSR count). The van der Waals surface area contributed by atoms with Gasteiger partial charge in [-0.25, -0.2) is 4.98 Å². The van der Waals surface area contributed by atoms with Gasteiger partial charge in [0.2, 0.25) is 5.91 Å². The lowest BCUT2D eigenvalue weighted by Crippen LogP contribution is -2.50. The van der Waals surface area contributed by atoms with Crippen LogP contribution in [0.25, 0.3) is 10.2 Å². The average molecular weight is 412 g/mol. The highest BCUT2D eigenvalue weighted by Crippen LogP contribution is 2.31. The molecule has 0 bridgehead atoms. The molecule has 0 aliphatic carbocycles. The predicted molar refractivity (Wildman–Crippen MR) is 115 cm³/mol. The van der Waals surface area contributed by atoms with Crippen LogP contribution in [0, 0.1) is 0 Å². The number of carbonyl (C=O) groups excluding carboxylic acids is 1. The van der Waals surface area contributed by atoms with E-state index >= 15 is 0 Å². The van der Waals surface area contributed by atoms with Crippen LogP contribution in [-0.4, -0.2) is 67.1 Å². The second-order valence-electron chi connectivity index (χ2n) is 7.10. The maximum Gasteiger partial charge on any atom is 0.279 e. The number of hydrogen-bond acceptors (Lipinski definition) is 6. The first-order chi connectivity index (χ1) is 14.2. The molecule has 1 aliphatic rings. The third-order valence-electron chi connectivity index (χ3n) is 5.11. The smallest absolute Gasteiger partial charge is 0.279 e. The molecule has 0 radical (unpaired) electrons. The molecule has 29 heavy (non-hydrogen) atoms. The Morgan fingerprint density at radius 2 is 1.83 bits per heavy atom. The van der Waals surface area contributed by atoms with Gasteiger partial charge < -0.3 is 14.4 Å². The van der Waals surface area contributed by atoms with Gasteiger partial charge in [0.1, 0.15) is 12.4 Å². The number of benzene rings is 2. The van der Waals surface area contributed by atoms with Crippen LogP contribution in [0.15, 0.2) is 48.5 Å². The van der Waals surface area contributed by atoms with E-state index in [0.717, 1.165) is 55.1 Å². The van der Waals surface area contributed by atoms with Crippen molar-refractivity contribution in [2.24, 2.45) is 0 Å². The van der Waals surface area contributed by atoms with Crippen molar-refractivity contribution >= 4 is 27.5 Å². The standard InChI is InChI=1S/C22H25N3O3S/c1-27-16-21(26)25-14-12-24(13-15-25)11-10-17-6-8-18(9-7-17)28-22-23-19-4-2-3-5-20(19)29-22/h2-9H,10-16H2,1H3. The summed E-state index contributed by atoms with van der Waals surface area (Å²) in [5.74, 6) is 0.883. The lowest BCUT2D eigenvalue weighted by atomic mass is 10.1. The first-order valence-corrected chi connectivity index (χ1v) is 10.6. The van der Waals surface area contributed by atoms with Gasteiger partial charge in [-0.2, -0.15) is 0 Å². The Morgan fingerprint density at radius 1 is 1.07 bits per heavy atom. The topological polar surface area (TPSA) is 54.9 Å². The highest BCUT2D eigenvalue weighted by Gasteiger charge is 2.20. The fraction of sp³-hybridized carbons (Fsp3) is 0.364. The molecule has 0 N–H and O–H groups in total. The van der Waals surface area contributed by atoms with Gasteiger partial charge in [-0.15, -0.1) is 0 Å². The quantitative estimate of drug-likeness (QED) is 0.596. The Labute approximate surface area is 174 Å². The number of ether oxygens (including phenoxy) is 2. The molecule has 3 aromatic rings. The molecule has 2 heterocycles. The minimum absolute atomic E-state index is 0.0795. The van der Waals surface area contributed by atoms with Crippen LogP contribution in [0.5, 0.6) is 10.9 Å². The van der Waals surface area contributed by atoms with Crippen molar-refractivity contribution in [3.63, 3.8) is 0 Å². The lowest BCUT2D eigenvalue weighted by Gasteiger charge is -2.34. The summed E-state index contributed by atoms with van der Waals surface area (Å²) in [7, 11) is 1.56. The summed E-state index contributed by atoms with van der Waals surface area (Å²) in [6.45, 7) is 4.53. The number of piperazine rings is 1. The number of para-hydroxylation sites is 1. The van der Waals surface area contributed by atoms with Crippen molar-refractivity contribution in [1.29, 1.82) is 0 Å². The zero-order valence-electron chi connectivity index (χ0n) is 16.5. The third-order valence-corrected chi connectivity index (χ3v) is 6.03. The average Bonchev–Trinajstić information content (AvgIpc) is 3.16. The zero-order valence-corrected chi connectivity index (χ0v) is 17.4. The number of hydrogen-bond donors (Lipinski definition) is 0. The first kappa shape index (κ1) is 19.8. The molecule has 0 spiro atoms. The van der Waals surface area contributed by atoms with Gasteiger partial charge in [-0.05, 0) is 36.2 Å². The number of fused-ring (bicyclic) bond motifs is 1. The van der Waals surface area contributed by atoms with Gasteiger partial charge in [0, 0.05) is 39.8 Å². The first-order valence-electron chi connectivity index (χ1n) is 9.83. The molecule has 152 valence electrons. The van der Waals surface area contributed by atoms with E-state index in [1.165, 1.54) is 5.56 Å². The van der Waals surface area contributed by atoms with Gasteiger partial charge in [0.05, 0.1) is 10.2 Å². The van der Waals surface area contributed by atoms with Crippen LogP contribution in [-0.2, 0) is 16.0 Å². The van der Waals surface area contributed by atoms with E-state index in [0.29, 0.717) is 5.19 Å². The SMILES string of the molecule is COCC(=O)N1CCN(CCc2ccc(Oc3nc4ccccc4s3)cc2)CC1. The Bertz CT molecular complexity index is 916. The second-order valence-corrected chi connectivity index (χ2v) is 8.09. The normalized spacial score (nSPS) is 15.0. The predicted octanol–water partition coefficient (Wildman–Crippen LogP) is 3.42. The molecular formula is C22H25N3O3S. The van der Waals surface area contributed by atoms with Crippen molar-refractivity contribution in [3.05, 3.63) is 54.1 Å². The number of methoxy groups -OCH3 is 1. The fourth-order valence-corrected chi connectivity index (χ4v) is 4.28. The maximum atomic E-state index is 11.9. The zero-order chi connectivity index (χ0) is 20.1. The molecule has 1 amide bonds. The molecular weight excluding hydrogens is 386 g/mol. The van der Waals surface area contributed by atoms with Crippen LogP contribution in [0.2, 0.25) is 0 Å². The van der Waals surface area contributed by atoms with E-state index in [2.05, 4.69) is 28.1 Å². The van der Waals surface area contributed by atoms with Crippen molar-refractivity contribution in [1.82, 2.24) is 14.8 Å². The third kappa shape index (κ3) is 5.12. The second kappa shape index (κ2) is 9.35. The van der Waals surface area contributed by atoms with Crippen LogP contribution >= 0.6 is 11.3 Å². The molecule has 0 saturated carbocycles. The summed E-state index contributed by atoms with van der Waals surface area (Å²) in [5.41, 5.74) is 2.24. The van der Waals surface area contributed by atoms with Crippen molar-refractivity contribution in [2.45, 2.75) is 6.42 Å². The summed E-state index contributed by atoms with van der Waals surface area (Å²) >= 11 is 1.55. The minimum atomic E-state index is 0.0795. The molecule has 1 aliphatic heterocycles. The summed E-state index contributed by atoms with van der Waals surface area (Å²) in [6.07, 6.45) is 0.980. The maximum absolute atomic E-state index is 11.9. The van der Waals surface area contributed by atoms with Gasteiger partial charge in [-0.3, -0.25) is 9.69 Å². The number of rotatable bonds is 7.